The number of rotatable bonds is 4. The molecule has 0 atom stereocenters. The van der Waals surface area contributed by atoms with Crippen molar-refractivity contribution in [3.8, 4) is 11.5 Å². The number of ether oxygens (including phenoxy) is 2. The zero-order chi connectivity index (χ0) is 17.7. The molecule has 0 fully saturated rings. The highest BCUT2D eigenvalue weighted by Crippen LogP contribution is 2.17. The molecule has 0 aromatic heterocycles. The van der Waals surface area contributed by atoms with Crippen LogP contribution in [0.15, 0.2) is 48.5 Å². The first-order valence-electron chi connectivity index (χ1n) is 8.07. The van der Waals surface area contributed by atoms with E-state index in [1.54, 1.807) is 19.2 Å². The molecule has 0 aliphatic rings. The van der Waals surface area contributed by atoms with E-state index in [1.165, 1.54) is 18.1 Å². The highest BCUT2D eigenvalue weighted by atomic mass is 16.5. The molecule has 3 nitrogen and oxygen atoms in total. The standard InChI is InChI=1S/C16H16O3.2C2H6.2CH4/c1-12(17)19-16-9-5-14(6-10-16)11-13-3-7-15(18-2)8-4-13;2*1-2;;/h3-10H,11H2,1-2H3;2*1-2H3;2*1H4. The molecule has 0 saturated heterocycles. The second-order valence-electron chi connectivity index (χ2n) is 4.26. The van der Waals surface area contributed by atoms with Crippen molar-refractivity contribution in [2.45, 2.75) is 55.9 Å². The molecule has 0 saturated carbocycles. The Kier molecular flexibility index (Phi) is 18.3. The van der Waals surface area contributed by atoms with Gasteiger partial charge < -0.3 is 9.47 Å². The maximum atomic E-state index is 10.8. The van der Waals surface area contributed by atoms with E-state index in [-0.39, 0.29) is 20.8 Å². The van der Waals surface area contributed by atoms with Gasteiger partial charge in [0, 0.05) is 6.92 Å². The van der Waals surface area contributed by atoms with Gasteiger partial charge in [-0.1, -0.05) is 66.8 Å². The Labute approximate surface area is 155 Å². The van der Waals surface area contributed by atoms with E-state index in [0.29, 0.717) is 5.75 Å². The minimum atomic E-state index is -0.303. The monoisotopic (exact) mass is 348 g/mol. The van der Waals surface area contributed by atoms with Crippen molar-refractivity contribution in [1.29, 1.82) is 0 Å². The van der Waals surface area contributed by atoms with Crippen LogP contribution in [0.2, 0.25) is 0 Å². The Hall–Kier alpha value is -2.29. The lowest BCUT2D eigenvalue weighted by atomic mass is 10.0. The first-order valence-corrected chi connectivity index (χ1v) is 8.07. The molecule has 2 aromatic rings. The summed E-state index contributed by atoms with van der Waals surface area (Å²) in [5.74, 6) is 1.13. The Bertz CT molecular complexity index is 542. The van der Waals surface area contributed by atoms with Crippen LogP contribution in [0.3, 0.4) is 0 Å². The smallest absolute Gasteiger partial charge is 0.308 e. The van der Waals surface area contributed by atoms with Gasteiger partial charge in [-0.25, -0.2) is 0 Å². The molecular formula is C22H36O3. The maximum absolute atomic E-state index is 10.8. The van der Waals surface area contributed by atoms with Crippen molar-refractivity contribution < 1.29 is 14.3 Å². The predicted molar refractivity (Wildman–Crippen MR) is 110 cm³/mol. The van der Waals surface area contributed by atoms with Gasteiger partial charge in [-0.3, -0.25) is 4.79 Å². The third-order valence-corrected chi connectivity index (χ3v) is 2.75. The molecule has 25 heavy (non-hydrogen) atoms. The van der Waals surface area contributed by atoms with Gasteiger partial charge in [-0.05, 0) is 41.8 Å². The Morgan fingerprint density at radius 1 is 0.760 bits per heavy atom. The molecule has 2 rings (SSSR count). The van der Waals surface area contributed by atoms with Crippen molar-refractivity contribution in [2.75, 3.05) is 7.11 Å². The van der Waals surface area contributed by atoms with Crippen molar-refractivity contribution in [3.05, 3.63) is 59.7 Å². The summed E-state index contributed by atoms with van der Waals surface area (Å²) < 4.78 is 10.1. The number of carbonyl (C=O) groups is 1. The van der Waals surface area contributed by atoms with Crippen LogP contribution in [0, 0.1) is 0 Å². The van der Waals surface area contributed by atoms with Crippen LogP contribution < -0.4 is 9.47 Å². The van der Waals surface area contributed by atoms with Gasteiger partial charge in [0.25, 0.3) is 0 Å². The SMILES string of the molecule is C.C.CC.CC.COc1ccc(Cc2ccc(OC(C)=O)cc2)cc1. The fraction of sp³-hybridized carbons (Fsp3) is 0.409. The van der Waals surface area contributed by atoms with Crippen LogP contribution in [-0.2, 0) is 11.2 Å². The lowest BCUT2D eigenvalue weighted by molar-refractivity contribution is -0.131. The van der Waals surface area contributed by atoms with Crippen molar-refractivity contribution in [3.63, 3.8) is 0 Å². The molecule has 3 heteroatoms. The molecule has 0 N–H and O–H groups in total. The number of carbonyl (C=O) groups excluding carboxylic acids is 1. The van der Waals surface area contributed by atoms with Gasteiger partial charge in [-0.2, -0.15) is 0 Å². The quantitative estimate of drug-likeness (QED) is 0.465. The largest absolute Gasteiger partial charge is 0.497 e. The normalized spacial score (nSPS) is 8.08. The lowest BCUT2D eigenvalue weighted by Gasteiger charge is -2.05. The average molecular weight is 349 g/mol. The summed E-state index contributed by atoms with van der Waals surface area (Å²) in [7, 11) is 1.66. The first-order chi connectivity index (χ1) is 11.2. The van der Waals surface area contributed by atoms with Crippen LogP contribution in [0.1, 0.15) is 60.6 Å². The number of methoxy groups -OCH3 is 1. The minimum Gasteiger partial charge on any atom is -0.497 e. The van der Waals surface area contributed by atoms with Gasteiger partial charge in [0.05, 0.1) is 7.11 Å². The maximum Gasteiger partial charge on any atom is 0.308 e. The molecule has 0 amide bonds. The molecule has 2 aromatic carbocycles. The minimum absolute atomic E-state index is 0. The van der Waals surface area contributed by atoms with Crippen LogP contribution in [0.4, 0.5) is 0 Å². The van der Waals surface area contributed by atoms with E-state index in [0.717, 1.165) is 12.2 Å². The summed E-state index contributed by atoms with van der Waals surface area (Å²) in [4.78, 5) is 10.8. The van der Waals surface area contributed by atoms with E-state index in [9.17, 15) is 4.79 Å². The second kappa shape index (κ2) is 16.6. The molecule has 142 valence electrons. The molecule has 0 spiro atoms. The van der Waals surface area contributed by atoms with Crippen LogP contribution >= 0.6 is 0 Å². The lowest BCUT2D eigenvalue weighted by Crippen LogP contribution is -2.01. The average Bonchev–Trinajstić information content (AvgIpc) is 2.60. The summed E-state index contributed by atoms with van der Waals surface area (Å²) in [6.45, 7) is 9.39. The van der Waals surface area contributed by atoms with E-state index in [2.05, 4.69) is 0 Å². The molecule has 0 unspecified atom stereocenters. The summed E-state index contributed by atoms with van der Waals surface area (Å²) >= 11 is 0. The van der Waals surface area contributed by atoms with Crippen molar-refractivity contribution in [2.24, 2.45) is 0 Å². The van der Waals surface area contributed by atoms with Crippen molar-refractivity contribution in [1.82, 2.24) is 0 Å². The van der Waals surface area contributed by atoms with Crippen LogP contribution in [0.25, 0.3) is 0 Å². The summed E-state index contributed by atoms with van der Waals surface area (Å²) in [6.07, 6.45) is 0.838. The van der Waals surface area contributed by atoms with E-state index < -0.39 is 0 Å². The first kappa shape index (κ1) is 27.6. The molecule has 0 aliphatic carbocycles. The summed E-state index contributed by atoms with van der Waals surface area (Å²) in [5, 5.41) is 0. The van der Waals surface area contributed by atoms with Gasteiger partial charge >= 0.3 is 5.97 Å². The summed E-state index contributed by atoms with van der Waals surface area (Å²) in [6, 6.07) is 15.5. The second-order valence-corrected chi connectivity index (χ2v) is 4.26. The highest BCUT2D eigenvalue weighted by Gasteiger charge is 2.00. The topological polar surface area (TPSA) is 35.5 Å². The number of hydrogen-bond acceptors (Lipinski definition) is 3. The fourth-order valence-corrected chi connectivity index (χ4v) is 1.82. The third-order valence-electron chi connectivity index (χ3n) is 2.75. The number of hydrogen-bond donors (Lipinski definition) is 0. The van der Waals surface area contributed by atoms with Gasteiger partial charge in [-0.15, -0.1) is 0 Å². The molecule has 0 bridgehead atoms. The number of benzene rings is 2. The Balaban J connectivity index is -0.000000752. The van der Waals surface area contributed by atoms with Crippen molar-refractivity contribution >= 4 is 5.97 Å². The zero-order valence-electron chi connectivity index (χ0n) is 15.1. The Morgan fingerprint density at radius 2 is 1.12 bits per heavy atom. The Morgan fingerprint density at radius 3 is 1.44 bits per heavy atom. The van der Waals surface area contributed by atoms with Gasteiger partial charge in [0.2, 0.25) is 0 Å². The van der Waals surface area contributed by atoms with E-state index in [1.807, 2.05) is 64.1 Å². The predicted octanol–water partition coefficient (Wildman–Crippen LogP) is 6.54. The number of esters is 1. The van der Waals surface area contributed by atoms with Gasteiger partial charge in [0.1, 0.15) is 11.5 Å². The fourth-order valence-electron chi connectivity index (χ4n) is 1.82. The zero-order valence-corrected chi connectivity index (χ0v) is 15.1. The third kappa shape index (κ3) is 11.0. The molecule has 0 aliphatic heterocycles. The highest BCUT2D eigenvalue weighted by molar-refractivity contribution is 5.69. The van der Waals surface area contributed by atoms with E-state index >= 15 is 0 Å². The van der Waals surface area contributed by atoms with Crippen LogP contribution in [-0.4, -0.2) is 13.1 Å². The summed E-state index contributed by atoms with van der Waals surface area (Å²) in [5.41, 5.74) is 2.38. The molecule has 0 radical (unpaired) electrons. The van der Waals surface area contributed by atoms with Crippen LogP contribution in [0.5, 0.6) is 11.5 Å². The van der Waals surface area contributed by atoms with Gasteiger partial charge in [0.15, 0.2) is 0 Å². The molecule has 0 heterocycles. The van der Waals surface area contributed by atoms with E-state index in [4.69, 9.17) is 9.47 Å². The molecular weight excluding hydrogens is 312 g/mol.